The predicted octanol–water partition coefficient (Wildman–Crippen LogP) is 5.66. The Bertz CT molecular complexity index is 1810. The van der Waals surface area contributed by atoms with Gasteiger partial charge < -0.3 is 14.8 Å². The van der Waals surface area contributed by atoms with Crippen molar-refractivity contribution in [3.8, 4) is 11.1 Å². The number of fused-ring (bicyclic) bond motifs is 3. The average Bonchev–Trinajstić information content (AvgIpc) is 3.68. The number of benzene rings is 1. The van der Waals surface area contributed by atoms with E-state index in [1.54, 1.807) is 41.9 Å². The summed E-state index contributed by atoms with van der Waals surface area (Å²) in [7, 11) is 0. The Labute approximate surface area is 251 Å². The summed E-state index contributed by atoms with van der Waals surface area (Å²) in [5, 5.41) is 3.27. The van der Waals surface area contributed by atoms with Crippen molar-refractivity contribution < 1.29 is 27.6 Å². The van der Waals surface area contributed by atoms with Crippen molar-refractivity contribution in [1.29, 1.82) is 0 Å². The number of hydrogen-bond acceptors (Lipinski definition) is 6. The molecule has 4 aromatic rings. The number of aryl methyl sites for hydroxylation is 3. The van der Waals surface area contributed by atoms with Crippen LogP contribution in [0.5, 0.6) is 0 Å². The van der Waals surface area contributed by atoms with Gasteiger partial charge in [-0.25, -0.2) is 15.0 Å². The molecule has 228 valence electrons. The smallest absolute Gasteiger partial charge is 0.337 e. The summed E-state index contributed by atoms with van der Waals surface area (Å²) in [4.78, 5) is 54.0. The van der Waals surface area contributed by atoms with Crippen molar-refractivity contribution in [2.75, 3.05) is 5.32 Å². The summed E-state index contributed by atoms with van der Waals surface area (Å²) in [6, 6.07) is 5.00. The van der Waals surface area contributed by atoms with Crippen molar-refractivity contribution in [1.82, 2.24) is 24.4 Å². The molecule has 2 fully saturated rings. The lowest BCUT2D eigenvalue weighted by atomic mass is 9.97. The van der Waals surface area contributed by atoms with Crippen molar-refractivity contribution in [2.24, 2.45) is 5.92 Å². The molecule has 0 spiro atoms. The minimum Gasteiger partial charge on any atom is -0.337 e. The van der Waals surface area contributed by atoms with Gasteiger partial charge in [-0.1, -0.05) is 6.07 Å². The van der Waals surface area contributed by atoms with Crippen molar-refractivity contribution in [3.05, 3.63) is 71.1 Å². The molecule has 0 unspecified atom stereocenters. The molecule has 1 saturated carbocycles. The normalized spacial score (nSPS) is 19.5. The molecule has 12 heteroatoms. The number of anilines is 1. The lowest BCUT2D eigenvalue weighted by Crippen LogP contribution is -2.52. The molecule has 2 bridgehead atoms. The van der Waals surface area contributed by atoms with Crippen LogP contribution in [0.15, 0.2) is 42.9 Å². The summed E-state index contributed by atoms with van der Waals surface area (Å²) in [6.45, 7) is 6.64. The quantitative estimate of drug-likeness (QED) is 0.285. The van der Waals surface area contributed by atoms with E-state index in [0.717, 1.165) is 41.1 Å². The van der Waals surface area contributed by atoms with Gasteiger partial charge in [0.1, 0.15) is 29.9 Å². The standard InChI is InChI=1S/C32H31F3N6O3/c1-16-5-8-26(32(33,34)35)38-30(16)39-31(44)29-20-6-7-23(10-20)41(29)27(43)15-40-14-25(18(3)42)24-11-21(9-17(2)28(24)40)22-12-36-19(4)37-13-22/h5,8-9,11-14,20,23,29H,6-7,10,15H2,1-4H3,(H,38,39,44)/t20-,23+,29+/m1/s1. The molecular formula is C32H31F3N6O3. The summed E-state index contributed by atoms with van der Waals surface area (Å²) in [5.41, 5.74) is 2.97. The van der Waals surface area contributed by atoms with Gasteiger partial charge in [-0.15, -0.1) is 0 Å². The van der Waals surface area contributed by atoms with Gasteiger partial charge in [0.2, 0.25) is 11.8 Å². The van der Waals surface area contributed by atoms with Crippen LogP contribution in [0.2, 0.25) is 0 Å². The molecule has 3 aromatic heterocycles. The van der Waals surface area contributed by atoms with Gasteiger partial charge >= 0.3 is 6.18 Å². The van der Waals surface area contributed by atoms with Crippen molar-refractivity contribution in [3.63, 3.8) is 0 Å². The maximum absolute atomic E-state index is 13.9. The number of nitrogens with zero attached hydrogens (tertiary/aromatic N) is 5. The Balaban J connectivity index is 1.30. The maximum atomic E-state index is 13.9. The molecule has 1 aliphatic carbocycles. The summed E-state index contributed by atoms with van der Waals surface area (Å²) < 4.78 is 41.6. The van der Waals surface area contributed by atoms with Gasteiger partial charge in [-0.05, 0) is 87.8 Å². The molecular weight excluding hydrogens is 573 g/mol. The molecule has 1 saturated heterocycles. The third kappa shape index (κ3) is 5.22. The maximum Gasteiger partial charge on any atom is 0.433 e. The zero-order valence-electron chi connectivity index (χ0n) is 24.7. The zero-order chi connectivity index (χ0) is 31.5. The Morgan fingerprint density at radius 3 is 2.41 bits per heavy atom. The van der Waals surface area contributed by atoms with E-state index in [-0.39, 0.29) is 36.0 Å². The number of nitrogens with one attached hydrogen (secondary N) is 1. The van der Waals surface area contributed by atoms with E-state index in [9.17, 15) is 27.6 Å². The second-order valence-electron chi connectivity index (χ2n) is 11.8. The third-order valence-corrected chi connectivity index (χ3v) is 8.73. The molecule has 2 amide bonds. The summed E-state index contributed by atoms with van der Waals surface area (Å²) >= 11 is 0. The van der Waals surface area contributed by atoms with E-state index in [0.29, 0.717) is 28.8 Å². The highest BCUT2D eigenvalue weighted by atomic mass is 19.4. The van der Waals surface area contributed by atoms with Gasteiger partial charge in [-0.2, -0.15) is 13.2 Å². The first-order chi connectivity index (χ1) is 20.8. The molecule has 1 aliphatic heterocycles. The molecule has 0 radical (unpaired) electrons. The highest BCUT2D eigenvalue weighted by Crippen LogP contribution is 2.43. The highest BCUT2D eigenvalue weighted by molar-refractivity contribution is 6.09. The van der Waals surface area contributed by atoms with Crippen molar-refractivity contribution in [2.45, 2.75) is 71.8 Å². The number of amides is 2. The number of likely N-dealkylation sites (tertiary alicyclic amines) is 1. The largest absolute Gasteiger partial charge is 0.433 e. The number of alkyl halides is 3. The molecule has 2 aliphatic rings. The predicted molar refractivity (Wildman–Crippen MR) is 157 cm³/mol. The molecule has 3 atom stereocenters. The first-order valence-corrected chi connectivity index (χ1v) is 14.4. The second kappa shape index (κ2) is 10.8. The number of carbonyl (C=O) groups excluding carboxylic acids is 3. The van der Waals surface area contributed by atoms with Crippen LogP contribution in [0, 0.1) is 26.7 Å². The van der Waals surface area contributed by atoms with Crippen LogP contribution in [0.1, 0.15) is 59.2 Å². The Morgan fingerprint density at radius 2 is 1.73 bits per heavy atom. The van der Waals surface area contributed by atoms with Crippen LogP contribution in [-0.4, -0.2) is 54.1 Å². The number of halogens is 3. The van der Waals surface area contributed by atoms with E-state index in [4.69, 9.17) is 0 Å². The Kier molecular flexibility index (Phi) is 7.25. The minimum atomic E-state index is -4.66. The SMILES string of the molecule is CC(=O)c1cn(CC(=O)N2[C@H]3CC[C@H](C3)[C@H]2C(=O)Nc2nc(C(F)(F)F)ccc2C)c2c(C)cc(-c3cnc(C)nc3)cc12. The van der Waals surface area contributed by atoms with Crippen molar-refractivity contribution >= 4 is 34.3 Å². The number of aromatic nitrogens is 4. The second-order valence-corrected chi connectivity index (χ2v) is 11.8. The summed E-state index contributed by atoms with van der Waals surface area (Å²) in [5.74, 6) is -0.640. The van der Waals surface area contributed by atoms with Gasteiger partial charge in [0.25, 0.3) is 0 Å². The number of rotatable bonds is 6. The average molecular weight is 605 g/mol. The molecule has 9 nitrogen and oxygen atoms in total. The van der Waals surface area contributed by atoms with Gasteiger partial charge in [0.05, 0.1) is 5.52 Å². The fourth-order valence-electron chi connectivity index (χ4n) is 6.69. The van der Waals surface area contributed by atoms with E-state index >= 15 is 0 Å². The molecule has 6 rings (SSSR count). The van der Waals surface area contributed by atoms with Gasteiger partial charge in [0, 0.05) is 41.1 Å². The first kappa shape index (κ1) is 29.5. The van der Waals surface area contributed by atoms with E-state index < -0.39 is 23.8 Å². The van der Waals surface area contributed by atoms with Crippen LogP contribution in [-0.2, 0) is 22.3 Å². The fourth-order valence-corrected chi connectivity index (χ4v) is 6.69. The first-order valence-electron chi connectivity index (χ1n) is 14.4. The number of ketones is 1. The molecule has 44 heavy (non-hydrogen) atoms. The number of pyridine rings is 1. The van der Waals surface area contributed by atoms with Crippen LogP contribution in [0.25, 0.3) is 22.0 Å². The summed E-state index contributed by atoms with van der Waals surface area (Å²) in [6.07, 6.45) is 2.59. The van der Waals surface area contributed by atoms with Crippen LogP contribution >= 0.6 is 0 Å². The number of piperidine rings is 1. The molecule has 4 heterocycles. The van der Waals surface area contributed by atoms with Gasteiger partial charge in [-0.3, -0.25) is 14.4 Å². The monoisotopic (exact) mass is 604 g/mol. The zero-order valence-corrected chi connectivity index (χ0v) is 24.7. The van der Waals surface area contributed by atoms with Crippen LogP contribution in [0.4, 0.5) is 19.0 Å². The molecule has 1 N–H and O–H groups in total. The van der Waals surface area contributed by atoms with Crippen LogP contribution < -0.4 is 5.32 Å². The third-order valence-electron chi connectivity index (χ3n) is 8.73. The highest BCUT2D eigenvalue weighted by Gasteiger charge is 2.51. The van der Waals surface area contributed by atoms with Crippen LogP contribution in [0.3, 0.4) is 0 Å². The topological polar surface area (TPSA) is 110 Å². The number of Topliss-reactive ketones (excluding diaryl/α,β-unsaturated/α-hetero) is 1. The van der Waals surface area contributed by atoms with E-state index in [1.807, 2.05) is 19.1 Å². The Morgan fingerprint density at radius 1 is 1.00 bits per heavy atom. The number of carbonyl (C=O) groups is 3. The fraction of sp³-hybridized carbons (Fsp3) is 0.375. The lowest BCUT2D eigenvalue weighted by molar-refractivity contribution is -0.141. The lowest BCUT2D eigenvalue weighted by Gasteiger charge is -2.34. The van der Waals surface area contributed by atoms with Gasteiger partial charge in [0.15, 0.2) is 5.78 Å². The van der Waals surface area contributed by atoms with E-state index in [1.165, 1.54) is 13.0 Å². The Hall–Kier alpha value is -4.61. The molecule has 1 aromatic carbocycles. The number of hydrogen-bond donors (Lipinski definition) is 1. The van der Waals surface area contributed by atoms with E-state index in [2.05, 4.69) is 20.3 Å². The minimum absolute atomic E-state index is 0.106.